The second-order valence-corrected chi connectivity index (χ2v) is 4.27. The molecule has 0 saturated heterocycles. The molecule has 1 aromatic rings. The standard InChI is InChI=1S/C17H22/c1-4-6-8-16(7-5-2)13-14-17-11-9-15(3)10-12-17/h5-12H,2,4,13-14H2,1,3H3/b8-6-,16-7+. The minimum atomic E-state index is 1.07. The largest absolute Gasteiger partial charge is 0.0991 e. The first kappa shape index (κ1) is 13.5. The molecule has 0 aliphatic carbocycles. The van der Waals surface area contributed by atoms with E-state index in [0.29, 0.717) is 0 Å². The van der Waals surface area contributed by atoms with Crippen LogP contribution in [0.25, 0.3) is 0 Å². The van der Waals surface area contributed by atoms with E-state index < -0.39 is 0 Å². The summed E-state index contributed by atoms with van der Waals surface area (Å²) in [5.41, 5.74) is 4.07. The average Bonchev–Trinajstić information content (AvgIpc) is 2.35. The highest BCUT2D eigenvalue weighted by Gasteiger charge is 1.95. The van der Waals surface area contributed by atoms with Crippen molar-refractivity contribution in [1.29, 1.82) is 0 Å². The molecule has 0 heteroatoms. The van der Waals surface area contributed by atoms with Gasteiger partial charge in [0.1, 0.15) is 0 Å². The summed E-state index contributed by atoms with van der Waals surface area (Å²) < 4.78 is 0. The van der Waals surface area contributed by atoms with Gasteiger partial charge in [-0.2, -0.15) is 0 Å². The van der Waals surface area contributed by atoms with Crippen LogP contribution in [-0.4, -0.2) is 0 Å². The molecule has 0 amide bonds. The van der Waals surface area contributed by atoms with E-state index >= 15 is 0 Å². The number of hydrogen-bond acceptors (Lipinski definition) is 0. The fourth-order valence-corrected chi connectivity index (χ4v) is 1.69. The van der Waals surface area contributed by atoms with Gasteiger partial charge in [-0.25, -0.2) is 0 Å². The van der Waals surface area contributed by atoms with Crippen LogP contribution in [0.5, 0.6) is 0 Å². The van der Waals surface area contributed by atoms with Crippen molar-refractivity contribution >= 4 is 0 Å². The molecule has 0 spiro atoms. The van der Waals surface area contributed by atoms with Crippen LogP contribution >= 0.6 is 0 Å². The lowest BCUT2D eigenvalue weighted by Gasteiger charge is -2.03. The van der Waals surface area contributed by atoms with Crippen molar-refractivity contribution in [1.82, 2.24) is 0 Å². The Morgan fingerprint density at radius 1 is 1.24 bits per heavy atom. The van der Waals surface area contributed by atoms with E-state index in [1.54, 1.807) is 0 Å². The van der Waals surface area contributed by atoms with Crippen LogP contribution in [0, 0.1) is 6.92 Å². The van der Waals surface area contributed by atoms with Crippen LogP contribution in [0.3, 0.4) is 0 Å². The molecule has 0 aliphatic heterocycles. The molecule has 0 N–H and O–H groups in total. The maximum Gasteiger partial charge on any atom is -0.0238 e. The molecule has 1 rings (SSSR count). The fourth-order valence-electron chi connectivity index (χ4n) is 1.69. The van der Waals surface area contributed by atoms with Gasteiger partial charge in [-0.15, -0.1) is 0 Å². The molecule has 0 unspecified atom stereocenters. The van der Waals surface area contributed by atoms with E-state index in [0.717, 1.165) is 19.3 Å². The predicted molar refractivity (Wildman–Crippen MR) is 77.2 cm³/mol. The molecule has 17 heavy (non-hydrogen) atoms. The third-order valence-corrected chi connectivity index (χ3v) is 2.72. The zero-order valence-electron chi connectivity index (χ0n) is 10.9. The quantitative estimate of drug-likeness (QED) is 0.598. The zero-order valence-corrected chi connectivity index (χ0v) is 10.9. The van der Waals surface area contributed by atoms with Crippen LogP contribution in [0.1, 0.15) is 30.9 Å². The van der Waals surface area contributed by atoms with Crippen molar-refractivity contribution in [2.75, 3.05) is 0 Å². The average molecular weight is 226 g/mol. The summed E-state index contributed by atoms with van der Waals surface area (Å²) in [6.45, 7) is 8.04. The Balaban J connectivity index is 2.57. The van der Waals surface area contributed by atoms with Gasteiger partial charge >= 0.3 is 0 Å². The molecule has 0 aliphatic rings. The topological polar surface area (TPSA) is 0 Å². The third kappa shape index (κ3) is 5.35. The molecule has 0 atom stereocenters. The van der Waals surface area contributed by atoms with E-state index in [-0.39, 0.29) is 0 Å². The van der Waals surface area contributed by atoms with E-state index in [1.807, 2.05) is 6.08 Å². The number of benzene rings is 1. The van der Waals surface area contributed by atoms with E-state index in [1.165, 1.54) is 16.7 Å². The second kappa shape index (κ2) is 7.67. The van der Waals surface area contributed by atoms with Crippen LogP contribution in [0.2, 0.25) is 0 Å². The van der Waals surface area contributed by atoms with Gasteiger partial charge in [0.25, 0.3) is 0 Å². The van der Waals surface area contributed by atoms with Crippen LogP contribution in [0.15, 0.2) is 60.7 Å². The Labute approximate surface area is 105 Å². The number of allylic oxidation sites excluding steroid dienone is 5. The number of rotatable bonds is 6. The van der Waals surface area contributed by atoms with Crippen molar-refractivity contribution < 1.29 is 0 Å². The molecular weight excluding hydrogens is 204 g/mol. The predicted octanol–water partition coefficient (Wildman–Crippen LogP) is 5.01. The molecule has 0 nitrogen and oxygen atoms in total. The molecule has 0 aromatic heterocycles. The van der Waals surface area contributed by atoms with Gasteiger partial charge in [0.05, 0.1) is 0 Å². The van der Waals surface area contributed by atoms with Gasteiger partial charge < -0.3 is 0 Å². The highest BCUT2D eigenvalue weighted by molar-refractivity contribution is 5.26. The SMILES string of the molecule is C=C/C=C(\C=C/CC)CCc1ccc(C)cc1. The Kier molecular flexibility index (Phi) is 6.09. The Morgan fingerprint density at radius 3 is 2.53 bits per heavy atom. The van der Waals surface area contributed by atoms with E-state index in [9.17, 15) is 0 Å². The second-order valence-electron chi connectivity index (χ2n) is 4.27. The van der Waals surface area contributed by atoms with Crippen LogP contribution in [0.4, 0.5) is 0 Å². The summed E-state index contributed by atoms with van der Waals surface area (Å²) in [7, 11) is 0. The molecule has 0 bridgehead atoms. The normalized spacial score (nSPS) is 12.0. The van der Waals surface area contributed by atoms with Gasteiger partial charge in [-0.3, -0.25) is 0 Å². The van der Waals surface area contributed by atoms with Crippen molar-refractivity contribution in [2.24, 2.45) is 0 Å². The lowest BCUT2D eigenvalue weighted by atomic mass is 10.0. The van der Waals surface area contributed by atoms with Gasteiger partial charge in [-0.1, -0.05) is 67.6 Å². The van der Waals surface area contributed by atoms with Gasteiger partial charge in [0.2, 0.25) is 0 Å². The molecular formula is C17H22. The lowest BCUT2D eigenvalue weighted by molar-refractivity contribution is 0.962. The summed E-state index contributed by atoms with van der Waals surface area (Å²) in [5.74, 6) is 0. The summed E-state index contributed by atoms with van der Waals surface area (Å²) >= 11 is 0. The lowest BCUT2D eigenvalue weighted by Crippen LogP contribution is -1.87. The highest BCUT2D eigenvalue weighted by atomic mass is 14.0. The summed E-state index contributed by atoms with van der Waals surface area (Å²) in [4.78, 5) is 0. The van der Waals surface area contributed by atoms with Crippen molar-refractivity contribution in [3.8, 4) is 0 Å². The summed E-state index contributed by atoms with van der Waals surface area (Å²) in [5, 5.41) is 0. The van der Waals surface area contributed by atoms with Gasteiger partial charge in [0, 0.05) is 0 Å². The highest BCUT2D eigenvalue weighted by Crippen LogP contribution is 2.12. The smallest absolute Gasteiger partial charge is 0.0238 e. The zero-order chi connectivity index (χ0) is 12.5. The van der Waals surface area contributed by atoms with E-state index in [2.05, 4.69) is 62.9 Å². The van der Waals surface area contributed by atoms with Crippen molar-refractivity contribution in [2.45, 2.75) is 33.1 Å². The molecule has 1 aromatic carbocycles. The monoisotopic (exact) mass is 226 g/mol. The van der Waals surface area contributed by atoms with Crippen LogP contribution in [-0.2, 0) is 6.42 Å². The van der Waals surface area contributed by atoms with E-state index in [4.69, 9.17) is 0 Å². The van der Waals surface area contributed by atoms with Crippen molar-refractivity contribution in [3.05, 3.63) is 71.8 Å². The molecule has 0 fully saturated rings. The minimum Gasteiger partial charge on any atom is -0.0991 e. The molecule has 0 heterocycles. The van der Waals surface area contributed by atoms with Crippen molar-refractivity contribution in [3.63, 3.8) is 0 Å². The van der Waals surface area contributed by atoms with Gasteiger partial charge in [-0.05, 0) is 37.3 Å². The fraction of sp³-hybridized carbons (Fsp3) is 0.294. The molecule has 0 radical (unpaired) electrons. The molecule has 0 saturated carbocycles. The van der Waals surface area contributed by atoms with Crippen LogP contribution < -0.4 is 0 Å². The maximum atomic E-state index is 3.76. The first-order valence-corrected chi connectivity index (χ1v) is 6.30. The number of hydrogen-bond donors (Lipinski definition) is 0. The summed E-state index contributed by atoms with van der Waals surface area (Å²) in [6.07, 6.45) is 11.6. The Bertz CT molecular complexity index is 391. The minimum absolute atomic E-state index is 1.07. The van der Waals surface area contributed by atoms with Gasteiger partial charge in [0.15, 0.2) is 0 Å². The Hall–Kier alpha value is -1.56. The molecule has 90 valence electrons. The third-order valence-electron chi connectivity index (χ3n) is 2.72. The maximum absolute atomic E-state index is 3.76. The summed E-state index contributed by atoms with van der Waals surface area (Å²) in [6, 6.07) is 8.77. The first-order valence-electron chi connectivity index (χ1n) is 6.30. The Morgan fingerprint density at radius 2 is 1.94 bits per heavy atom. The number of aryl methyl sites for hydroxylation is 2. The first-order chi connectivity index (χ1) is 8.26.